The third-order valence-electron chi connectivity index (χ3n) is 3.40. The summed E-state index contributed by atoms with van der Waals surface area (Å²) in [4.78, 5) is 15.4. The van der Waals surface area contributed by atoms with E-state index in [2.05, 4.69) is 0 Å². The largest absolute Gasteiger partial charge is 0.416 e. The second kappa shape index (κ2) is 5.96. The summed E-state index contributed by atoms with van der Waals surface area (Å²) in [5.41, 5.74) is -0.452. The van der Waals surface area contributed by atoms with Crippen LogP contribution >= 0.6 is 23.1 Å². The number of alkyl halides is 3. The molecule has 0 spiro atoms. The number of carbonyl (C=O) groups excluding carboxylic acids is 1. The first kappa shape index (κ1) is 15.4. The summed E-state index contributed by atoms with van der Waals surface area (Å²) < 4.78 is 37.7. The Morgan fingerprint density at radius 1 is 1.18 bits per heavy atom. The fraction of sp³-hybridized carbons (Fsp3) is 0.267. The molecule has 1 saturated heterocycles. The van der Waals surface area contributed by atoms with Crippen LogP contribution < -0.4 is 0 Å². The van der Waals surface area contributed by atoms with E-state index in [4.69, 9.17) is 0 Å². The van der Waals surface area contributed by atoms with Crippen molar-refractivity contribution in [3.8, 4) is 0 Å². The monoisotopic (exact) mass is 343 g/mol. The zero-order chi connectivity index (χ0) is 15.7. The number of hydrogen-bond donors (Lipinski definition) is 0. The summed E-state index contributed by atoms with van der Waals surface area (Å²) in [5.74, 6) is 0.603. The molecule has 0 bridgehead atoms. The Labute approximate surface area is 133 Å². The normalized spacial score (nSPS) is 18.7. The van der Waals surface area contributed by atoms with E-state index in [0.717, 1.165) is 22.8 Å². The highest BCUT2D eigenvalue weighted by atomic mass is 32.2. The first-order valence-electron chi connectivity index (χ1n) is 6.60. The maximum absolute atomic E-state index is 12.6. The van der Waals surface area contributed by atoms with Crippen molar-refractivity contribution in [2.45, 2.75) is 11.6 Å². The van der Waals surface area contributed by atoms with Crippen LogP contribution in [0.5, 0.6) is 0 Å². The molecule has 2 nitrogen and oxygen atoms in total. The van der Waals surface area contributed by atoms with Crippen LogP contribution in [0.15, 0.2) is 41.8 Å². The zero-order valence-electron chi connectivity index (χ0n) is 11.3. The van der Waals surface area contributed by atoms with Gasteiger partial charge in [0.2, 0.25) is 0 Å². The third-order valence-corrected chi connectivity index (χ3v) is 5.71. The molecular weight excluding hydrogens is 331 g/mol. The third kappa shape index (κ3) is 3.01. The minimum Gasteiger partial charge on any atom is -0.321 e. The second-order valence-electron chi connectivity index (χ2n) is 4.81. The van der Waals surface area contributed by atoms with Gasteiger partial charge in [0.05, 0.1) is 5.56 Å². The average Bonchev–Trinajstić information content (AvgIpc) is 3.16. The number of amides is 1. The van der Waals surface area contributed by atoms with Crippen LogP contribution in [0.25, 0.3) is 0 Å². The van der Waals surface area contributed by atoms with E-state index in [-0.39, 0.29) is 16.8 Å². The summed E-state index contributed by atoms with van der Waals surface area (Å²) in [6.07, 6.45) is -4.38. The van der Waals surface area contributed by atoms with Gasteiger partial charge in [0, 0.05) is 22.7 Å². The van der Waals surface area contributed by atoms with Gasteiger partial charge < -0.3 is 4.90 Å². The highest BCUT2D eigenvalue weighted by Gasteiger charge is 2.33. The van der Waals surface area contributed by atoms with Gasteiger partial charge in [0.25, 0.3) is 5.91 Å². The van der Waals surface area contributed by atoms with E-state index in [1.54, 1.807) is 28.0 Å². The Kier molecular flexibility index (Phi) is 4.18. The molecule has 1 amide bonds. The lowest BCUT2D eigenvalue weighted by atomic mass is 10.1. The van der Waals surface area contributed by atoms with Crippen LogP contribution in [0.2, 0.25) is 0 Å². The standard InChI is InChI=1S/C15H12F3NOS2/c16-15(17,18)11-5-3-10(4-6-11)13(20)19-7-9-22-14(19)12-2-1-8-21-12/h1-6,8,14H,7,9H2. The Balaban J connectivity index is 1.81. The SMILES string of the molecule is O=C(c1ccc(C(F)(F)F)cc1)N1CCSC1c1cccs1. The number of rotatable bonds is 2. The second-order valence-corrected chi connectivity index (χ2v) is 6.98. The molecule has 0 radical (unpaired) electrons. The highest BCUT2D eigenvalue weighted by Crippen LogP contribution is 2.40. The van der Waals surface area contributed by atoms with Gasteiger partial charge in [-0.15, -0.1) is 23.1 Å². The lowest BCUT2D eigenvalue weighted by Crippen LogP contribution is -2.30. The Morgan fingerprint density at radius 3 is 2.50 bits per heavy atom. The van der Waals surface area contributed by atoms with Crippen LogP contribution in [0.4, 0.5) is 13.2 Å². The van der Waals surface area contributed by atoms with Crippen molar-refractivity contribution in [1.82, 2.24) is 4.90 Å². The number of nitrogens with zero attached hydrogens (tertiary/aromatic N) is 1. The average molecular weight is 343 g/mol. The molecule has 1 fully saturated rings. The van der Waals surface area contributed by atoms with Gasteiger partial charge in [-0.05, 0) is 35.7 Å². The van der Waals surface area contributed by atoms with Gasteiger partial charge >= 0.3 is 6.18 Å². The minimum absolute atomic E-state index is 0.0465. The van der Waals surface area contributed by atoms with E-state index in [0.29, 0.717) is 6.54 Å². The predicted molar refractivity (Wildman–Crippen MR) is 82.0 cm³/mol. The van der Waals surface area contributed by atoms with Crippen molar-refractivity contribution < 1.29 is 18.0 Å². The molecule has 3 rings (SSSR count). The van der Waals surface area contributed by atoms with Crippen molar-refractivity contribution in [2.24, 2.45) is 0 Å². The van der Waals surface area contributed by atoms with Gasteiger partial charge in [-0.1, -0.05) is 6.07 Å². The topological polar surface area (TPSA) is 20.3 Å². The van der Waals surface area contributed by atoms with E-state index in [1.165, 1.54) is 12.1 Å². The number of benzene rings is 1. The van der Waals surface area contributed by atoms with E-state index < -0.39 is 11.7 Å². The molecule has 1 unspecified atom stereocenters. The number of thioether (sulfide) groups is 1. The van der Waals surface area contributed by atoms with Gasteiger partial charge in [0.15, 0.2) is 0 Å². The van der Waals surface area contributed by atoms with Crippen LogP contribution in [0.3, 0.4) is 0 Å². The van der Waals surface area contributed by atoms with E-state index in [9.17, 15) is 18.0 Å². The number of halogens is 3. The minimum atomic E-state index is -4.38. The molecule has 0 aliphatic carbocycles. The summed E-state index contributed by atoms with van der Waals surface area (Å²) >= 11 is 3.25. The summed E-state index contributed by atoms with van der Waals surface area (Å²) in [7, 11) is 0. The number of thiophene rings is 1. The van der Waals surface area contributed by atoms with Crippen LogP contribution in [-0.2, 0) is 6.18 Å². The number of hydrogen-bond acceptors (Lipinski definition) is 3. The maximum atomic E-state index is 12.6. The van der Waals surface area contributed by atoms with Crippen molar-refractivity contribution in [3.05, 3.63) is 57.8 Å². The Hall–Kier alpha value is -1.47. The van der Waals surface area contributed by atoms with Crippen molar-refractivity contribution in [1.29, 1.82) is 0 Å². The van der Waals surface area contributed by atoms with Crippen molar-refractivity contribution >= 4 is 29.0 Å². The van der Waals surface area contributed by atoms with Crippen LogP contribution in [-0.4, -0.2) is 23.1 Å². The molecule has 2 aromatic rings. The molecule has 1 aliphatic heterocycles. The fourth-order valence-corrected chi connectivity index (χ4v) is 4.55. The molecule has 1 aromatic carbocycles. The van der Waals surface area contributed by atoms with Gasteiger partial charge in [-0.3, -0.25) is 4.79 Å². The maximum Gasteiger partial charge on any atom is 0.416 e. The highest BCUT2D eigenvalue weighted by molar-refractivity contribution is 7.99. The van der Waals surface area contributed by atoms with Crippen LogP contribution in [0, 0.1) is 0 Å². The quantitative estimate of drug-likeness (QED) is 0.791. The van der Waals surface area contributed by atoms with Crippen molar-refractivity contribution in [2.75, 3.05) is 12.3 Å². The Morgan fingerprint density at radius 2 is 1.91 bits per heavy atom. The molecule has 1 atom stereocenters. The molecule has 1 aliphatic rings. The van der Waals surface area contributed by atoms with Gasteiger partial charge in [0.1, 0.15) is 5.37 Å². The Bertz CT molecular complexity index is 652. The first-order valence-corrected chi connectivity index (χ1v) is 8.53. The molecular formula is C15H12F3NOS2. The predicted octanol–water partition coefficient (Wildman–Crippen LogP) is 4.65. The first-order chi connectivity index (χ1) is 10.5. The molecule has 7 heteroatoms. The lowest BCUT2D eigenvalue weighted by molar-refractivity contribution is -0.137. The fourth-order valence-electron chi connectivity index (χ4n) is 2.31. The van der Waals surface area contributed by atoms with E-state index in [1.807, 2.05) is 17.5 Å². The summed E-state index contributed by atoms with van der Waals surface area (Å²) in [6.45, 7) is 0.604. The lowest BCUT2D eigenvalue weighted by Gasteiger charge is -2.23. The van der Waals surface area contributed by atoms with Gasteiger partial charge in [-0.25, -0.2) is 0 Å². The van der Waals surface area contributed by atoms with E-state index >= 15 is 0 Å². The summed E-state index contributed by atoms with van der Waals surface area (Å²) in [6, 6.07) is 8.31. The van der Waals surface area contributed by atoms with Crippen LogP contribution in [0.1, 0.15) is 26.2 Å². The molecule has 1 aromatic heterocycles. The molecule has 0 saturated carbocycles. The summed E-state index contributed by atoms with van der Waals surface area (Å²) in [5, 5.41) is 1.91. The molecule has 116 valence electrons. The molecule has 0 N–H and O–H groups in total. The molecule has 2 heterocycles. The molecule has 22 heavy (non-hydrogen) atoms. The van der Waals surface area contributed by atoms with Gasteiger partial charge in [-0.2, -0.15) is 13.2 Å². The number of carbonyl (C=O) groups is 1. The smallest absolute Gasteiger partial charge is 0.321 e. The van der Waals surface area contributed by atoms with Crippen molar-refractivity contribution in [3.63, 3.8) is 0 Å². The zero-order valence-corrected chi connectivity index (χ0v) is 13.0.